The van der Waals surface area contributed by atoms with Crippen molar-refractivity contribution >= 4 is 0 Å². The van der Waals surface area contributed by atoms with E-state index in [-0.39, 0.29) is 0 Å². The average molecular weight is 316 g/mol. The first-order valence-electron chi connectivity index (χ1n) is 9.35. The Kier molecular flexibility index (Phi) is 5.73. The van der Waals surface area contributed by atoms with Gasteiger partial charge in [0.2, 0.25) is 0 Å². The Hall–Kier alpha value is -0.900. The van der Waals surface area contributed by atoms with Crippen molar-refractivity contribution in [2.45, 2.75) is 51.2 Å². The molecule has 2 heterocycles. The molecule has 1 aromatic rings. The minimum absolute atomic E-state index is 0.392. The Bertz CT molecular complexity index is 470. The molecule has 2 aliphatic rings. The maximum absolute atomic E-state index is 5.80. The Morgan fingerprint density at radius 1 is 1.13 bits per heavy atom. The van der Waals surface area contributed by atoms with Crippen LogP contribution in [0.4, 0.5) is 0 Å². The van der Waals surface area contributed by atoms with Crippen LogP contribution in [0.3, 0.4) is 0 Å². The molecule has 2 atom stereocenters. The first-order chi connectivity index (χ1) is 11.2. The number of hydrogen-bond acceptors (Lipinski definition) is 3. The van der Waals surface area contributed by atoms with E-state index in [1.165, 1.54) is 64.0 Å². The van der Waals surface area contributed by atoms with Crippen molar-refractivity contribution in [1.29, 1.82) is 0 Å². The minimum Gasteiger partial charge on any atom is -0.378 e. The molecule has 0 aromatic heterocycles. The summed E-state index contributed by atoms with van der Waals surface area (Å²) in [6.07, 6.45) is 5.25. The normalized spacial score (nSPS) is 30.4. The summed E-state index contributed by atoms with van der Waals surface area (Å²) >= 11 is 0. The second kappa shape index (κ2) is 7.78. The van der Waals surface area contributed by atoms with Gasteiger partial charge in [-0.15, -0.1) is 0 Å². The standard InChI is InChI=1S/C20H32N2O/c1-3-20(10-16-23-18(2)17-20)22-14-12-21(13-15-22)11-9-19-7-5-4-6-8-19/h4-8,18H,3,9-17H2,1-2H3. The van der Waals surface area contributed by atoms with E-state index in [1.54, 1.807) is 0 Å². The molecule has 1 aromatic carbocycles. The second-order valence-corrected chi connectivity index (χ2v) is 7.28. The van der Waals surface area contributed by atoms with E-state index in [9.17, 15) is 0 Å². The van der Waals surface area contributed by atoms with Gasteiger partial charge in [-0.25, -0.2) is 0 Å². The number of piperazine rings is 1. The largest absolute Gasteiger partial charge is 0.378 e. The predicted octanol–water partition coefficient (Wildman–Crippen LogP) is 3.19. The van der Waals surface area contributed by atoms with Crippen LogP contribution >= 0.6 is 0 Å². The van der Waals surface area contributed by atoms with Gasteiger partial charge in [-0.05, 0) is 38.2 Å². The summed E-state index contributed by atoms with van der Waals surface area (Å²) < 4.78 is 5.80. The zero-order chi connectivity index (χ0) is 16.1. The zero-order valence-electron chi connectivity index (χ0n) is 14.8. The Balaban J connectivity index is 1.49. The van der Waals surface area contributed by atoms with Gasteiger partial charge in [0.05, 0.1) is 6.10 Å². The highest BCUT2D eigenvalue weighted by atomic mass is 16.5. The van der Waals surface area contributed by atoms with Gasteiger partial charge < -0.3 is 9.64 Å². The summed E-state index contributed by atoms with van der Waals surface area (Å²) in [5, 5.41) is 0. The maximum atomic E-state index is 5.80. The average Bonchev–Trinajstić information content (AvgIpc) is 2.61. The van der Waals surface area contributed by atoms with Crippen LogP contribution in [-0.4, -0.2) is 60.8 Å². The van der Waals surface area contributed by atoms with Gasteiger partial charge in [0.15, 0.2) is 0 Å². The molecule has 3 nitrogen and oxygen atoms in total. The van der Waals surface area contributed by atoms with E-state index in [0.29, 0.717) is 11.6 Å². The summed E-state index contributed by atoms with van der Waals surface area (Å²) in [5.74, 6) is 0. The molecule has 2 fully saturated rings. The molecule has 0 amide bonds. The molecule has 3 rings (SSSR count). The quantitative estimate of drug-likeness (QED) is 0.830. The Labute approximate surface area is 141 Å². The molecule has 3 heteroatoms. The lowest BCUT2D eigenvalue weighted by Crippen LogP contribution is -2.59. The van der Waals surface area contributed by atoms with Crippen LogP contribution < -0.4 is 0 Å². The highest BCUT2D eigenvalue weighted by molar-refractivity contribution is 5.14. The van der Waals surface area contributed by atoms with Gasteiger partial charge >= 0.3 is 0 Å². The summed E-state index contributed by atoms with van der Waals surface area (Å²) in [7, 11) is 0. The molecule has 0 N–H and O–H groups in total. The topological polar surface area (TPSA) is 15.7 Å². The fourth-order valence-electron chi connectivity index (χ4n) is 4.36. The molecular weight excluding hydrogens is 284 g/mol. The molecule has 0 aliphatic carbocycles. The van der Waals surface area contributed by atoms with E-state index in [0.717, 1.165) is 6.61 Å². The van der Waals surface area contributed by atoms with E-state index in [1.807, 2.05) is 0 Å². The molecule has 23 heavy (non-hydrogen) atoms. The minimum atomic E-state index is 0.392. The van der Waals surface area contributed by atoms with Crippen molar-refractivity contribution in [3.63, 3.8) is 0 Å². The van der Waals surface area contributed by atoms with Crippen LogP contribution in [-0.2, 0) is 11.2 Å². The van der Waals surface area contributed by atoms with E-state index in [4.69, 9.17) is 4.74 Å². The predicted molar refractivity (Wildman–Crippen MR) is 95.8 cm³/mol. The Morgan fingerprint density at radius 2 is 1.87 bits per heavy atom. The Morgan fingerprint density at radius 3 is 2.52 bits per heavy atom. The third-order valence-corrected chi connectivity index (χ3v) is 5.90. The maximum Gasteiger partial charge on any atom is 0.0564 e. The monoisotopic (exact) mass is 316 g/mol. The van der Waals surface area contributed by atoms with Crippen molar-refractivity contribution in [2.75, 3.05) is 39.3 Å². The van der Waals surface area contributed by atoms with Gasteiger partial charge in [0.25, 0.3) is 0 Å². The number of ether oxygens (including phenoxy) is 1. The second-order valence-electron chi connectivity index (χ2n) is 7.28. The zero-order valence-corrected chi connectivity index (χ0v) is 14.8. The van der Waals surface area contributed by atoms with Crippen LogP contribution in [0, 0.1) is 0 Å². The van der Waals surface area contributed by atoms with Gasteiger partial charge in [-0.1, -0.05) is 37.3 Å². The van der Waals surface area contributed by atoms with Gasteiger partial charge in [-0.3, -0.25) is 4.90 Å². The molecule has 128 valence electrons. The smallest absolute Gasteiger partial charge is 0.0564 e. The fraction of sp³-hybridized carbons (Fsp3) is 0.700. The van der Waals surface area contributed by atoms with Crippen molar-refractivity contribution in [3.8, 4) is 0 Å². The molecule has 2 saturated heterocycles. The summed E-state index contributed by atoms with van der Waals surface area (Å²) in [6.45, 7) is 11.6. The van der Waals surface area contributed by atoms with Crippen LogP contribution in [0.15, 0.2) is 30.3 Å². The molecular formula is C20H32N2O. The highest BCUT2D eigenvalue weighted by Gasteiger charge is 2.40. The number of rotatable bonds is 5. The van der Waals surface area contributed by atoms with Gasteiger partial charge in [0.1, 0.15) is 0 Å². The SMILES string of the molecule is CCC1(N2CCN(CCc3ccccc3)CC2)CCOC(C)C1. The van der Waals surface area contributed by atoms with Crippen LogP contribution in [0.1, 0.15) is 38.7 Å². The summed E-state index contributed by atoms with van der Waals surface area (Å²) in [6, 6.07) is 10.9. The highest BCUT2D eigenvalue weighted by Crippen LogP contribution is 2.34. The van der Waals surface area contributed by atoms with E-state index < -0.39 is 0 Å². The van der Waals surface area contributed by atoms with Crippen LogP contribution in [0.2, 0.25) is 0 Å². The molecule has 0 spiro atoms. The van der Waals surface area contributed by atoms with Crippen molar-refractivity contribution in [3.05, 3.63) is 35.9 Å². The first-order valence-corrected chi connectivity index (χ1v) is 9.35. The molecule has 0 radical (unpaired) electrons. The van der Waals surface area contributed by atoms with Crippen molar-refractivity contribution in [1.82, 2.24) is 9.80 Å². The first kappa shape index (κ1) is 16.9. The van der Waals surface area contributed by atoms with E-state index >= 15 is 0 Å². The van der Waals surface area contributed by atoms with Crippen LogP contribution in [0.5, 0.6) is 0 Å². The lowest BCUT2D eigenvalue weighted by Gasteiger charge is -2.50. The summed E-state index contributed by atoms with van der Waals surface area (Å²) in [4.78, 5) is 5.40. The lowest BCUT2D eigenvalue weighted by molar-refractivity contribution is -0.0808. The van der Waals surface area contributed by atoms with E-state index in [2.05, 4.69) is 54.0 Å². The molecule has 0 saturated carbocycles. The third-order valence-electron chi connectivity index (χ3n) is 5.90. The molecule has 2 unspecified atom stereocenters. The lowest BCUT2D eigenvalue weighted by atomic mass is 9.82. The van der Waals surface area contributed by atoms with Gasteiger partial charge in [-0.2, -0.15) is 0 Å². The summed E-state index contributed by atoms with van der Waals surface area (Å²) in [5.41, 5.74) is 1.85. The molecule has 0 bridgehead atoms. The van der Waals surface area contributed by atoms with Gasteiger partial charge in [0, 0.05) is 44.9 Å². The number of nitrogens with zero attached hydrogens (tertiary/aromatic N) is 2. The third kappa shape index (κ3) is 4.14. The number of hydrogen-bond donors (Lipinski definition) is 0. The fourth-order valence-corrected chi connectivity index (χ4v) is 4.36. The molecule has 2 aliphatic heterocycles. The van der Waals surface area contributed by atoms with Crippen LogP contribution in [0.25, 0.3) is 0 Å². The number of benzene rings is 1. The van der Waals surface area contributed by atoms with Crippen molar-refractivity contribution < 1.29 is 4.74 Å². The van der Waals surface area contributed by atoms with Crippen molar-refractivity contribution in [2.24, 2.45) is 0 Å².